The first-order valence-electron chi connectivity index (χ1n) is 5.74. The van der Waals surface area contributed by atoms with Crippen molar-refractivity contribution in [1.82, 2.24) is 10.3 Å². The van der Waals surface area contributed by atoms with Crippen molar-refractivity contribution in [2.75, 3.05) is 6.54 Å². The van der Waals surface area contributed by atoms with E-state index >= 15 is 0 Å². The molecule has 88 valence electrons. The quantitative estimate of drug-likeness (QED) is 0.590. The van der Waals surface area contributed by atoms with Crippen LogP contribution in [0.5, 0.6) is 0 Å². The summed E-state index contributed by atoms with van der Waals surface area (Å²) in [5, 5.41) is 3.40. The van der Waals surface area contributed by atoms with E-state index in [4.69, 9.17) is 0 Å². The summed E-state index contributed by atoms with van der Waals surface area (Å²) < 4.78 is 12.7. The second-order valence-electron chi connectivity index (χ2n) is 3.67. The summed E-state index contributed by atoms with van der Waals surface area (Å²) in [6.45, 7) is 5.03. The molecule has 0 saturated heterocycles. The van der Waals surface area contributed by atoms with E-state index in [1.807, 2.05) is 13.0 Å². The van der Waals surface area contributed by atoms with E-state index in [0.29, 0.717) is 0 Å². The van der Waals surface area contributed by atoms with E-state index in [-0.39, 0.29) is 11.9 Å². The molecule has 3 heteroatoms. The minimum Gasteiger partial charge on any atom is -0.308 e. The topological polar surface area (TPSA) is 24.9 Å². The number of nitrogens with zero attached hydrogens (tertiary/aromatic N) is 1. The summed E-state index contributed by atoms with van der Waals surface area (Å²) in [4.78, 5) is 4.09. The van der Waals surface area contributed by atoms with Gasteiger partial charge in [0.15, 0.2) is 0 Å². The Morgan fingerprint density at radius 1 is 1.50 bits per heavy atom. The van der Waals surface area contributed by atoms with Crippen LogP contribution in [0.15, 0.2) is 30.5 Å². The fourth-order valence-corrected chi connectivity index (χ4v) is 1.56. The molecule has 1 rings (SSSR count). The third-order valence-electron chi connectivity index (χ3n) is 2.45. The largest absolute Gasteiger partial charge is 0.308 e. The lowest BCUT2D eigenvalue weighted by Crippen LogP contribution is -2.22. The summed E-state index contributed by atoms with van der Waals surface area (Å²) in [6.07, 6.45) is 7.39. The van der Waals surface area contributed by atoms with Crippen LogP contribution in [0.4, 0.5) is 4.39 Å². The summed E-state index contributed by atoms with van der Waals surface area (Å²) >= 11 is 0. The molecule has 1 heterocycles. The first-order valence-corrected chi connectivity index (χ1v) is 5.74. The number of halogens is 1. The molecule has 0 saturated carbocycles. The lowest BCUT2D eigenvalue weighted by Gasteiger charge is -2.15. The fraction of sp³-hybridized carbons (Fsp3) is 0.462. The second kappa shape index (κ2) is 7.12. The van der Waals surface area contributed by atoms with Crippen molar-refractivity contribution in [1.29, 1.82) is 0 Å². The number of allylic oxidation sites excluding steroid dienone is 1. The van der Waals surface area contributed by atoms with Crippen molar-refractivity contribution in [3.8, 4) is 0 Å². The van der Waals surface area contributed by atoms with Crippen LogP contribution >= 0.6 is 0 Å². The van der Waals surface area contributed by atoms with Crippen LogP contribution < -0.4 is 5.32 Å². The molecular weight excluding hydrogens is 203 g/mol. The van der Waals surface area contributed by atoms with E-state index in [1.165, 1.54) is 12.3 Å². The average molecular weight is 222 g/mol. The highest BCUT2D eigenvalue weighted by Crippen LogP contribution is 2.13. The normalized spacial score (nSPS) is 13.2. The van der Waals surface area contributed by atoms with Crippen molar-refractivity contribution >= 4 is 0 Å². The van der Waals surface area contributed by atoms with Crippen molar-refractivity contribution < 1.29 is 4.39 Å². The molecule has 0 aliphatic heterocycles. The SMILES string of the molecule is C/C=C/CCNC(CC)c1ccc(F)cn1. The molecule has 2 nitrogen and oxygen atoms in total. The molecule has 1 N–H and O–H groups in total. The summed E-state index contributed by atoms with van der Waals surface area (Å²) in [6, 6.07) is 3.41. The van der Waals surface area contributed by atoms with Gasteiger partial charge in [-0.25, -0.2) is 4.39 Å². The van der Waals surface area contributed by atoms with Crippen LogP contribution in [0.25, 0.3) is 0 Å². The van der Waals surface area contributed by atoms with Gasteiger partial charge in [0.25, 0.3) is 0 Å². The Balaban J connectivity index is 2.50. The number of nitrogens with one attached hydrogen (secondary N) is 1. The molecule has 1 aromatic heterocycles. The highest BCUT2D eigenvalue weighted by atomic mass is 19.1. The third-order valence-corrected chi connectivity index (χ3v) is 2.45. The first-order chi connectivity index (χ1) is 7.77. The average Bonchev–Trinajstić information content (AvgIpc) is 2.31. The Morgan fingerprint density at radius 3 is 2.88 bits per heavy atom. The monoisotopic (exact) mass is 222 g/mol. The van der Waals surface area contributed by atoms with Gasteiger partial charge in [-0.3, -0.25) is 4.98 Å². The van der Waals surface area contributed by atoms with Crippen LogP contribution in [-0.2, 0) is 0 Å². The Hall–Kier alpha value is -1.22. The lowest BCUT2D eigenvalue weighted by molar-refractivity contribution is 0.510. The van der Waals surface area contributed by atoms with Gasteiger partial charge < -0.3 is 5.32 Å². The number of hydrogen-bond acceptors (Lipinski definition) is 2. The van der Waals surface area contributed by atoms with Crippen molar-refractivity contribution in [2.24, 2.45) is 0 Å². The Labute approximate surface area is 96.6 Å². The molecule has 0 fully saturated rings. The molecule has 16 heavy (non-hydrogen) atoms. The van der Waals surface area contributed by atoms with Gasteiger partial charge in [0.05, 0.1) is 11.9 Å². The molecule has 0 radical (unpaired) electrons. The zero-order chi connectivity index (χ0) is 11.8. The molecule has 1 aromatic rings. The van der Waals surface area contributed by atoms with Crippen molar-refractivity contribution in [3.63, 3.8) is 0 Å². The van der Waals surface area contributed by atoms with Gasteiger partial charge in [0, 0.05) is 6.04 Å². The molecule has 1 unspecified atom stereocenters. The number of aromatic nitrogens is 1. The molecule has 0 aliphatic carbocycles. The van der Waals surface area contributed by atoms with E-state index < -0.39 is 0 Å². The Bertz CT molecular complexity index is 319. The van der Waals surface area contributed by atoms with Crippen LogP contribution in [0, 0.1) is 5.82 Å². The van der Waals surface area contributed by atoms with Gasteiger partial charge in [0.2, 0.25) is 0 Å². The molecule has 0 spiro atoms. The van der Waals surface area contributed by atoms with Crippen LogP contribution in [0.1, 0.15) is 38.4 Å². The van der Waals surface area contributed by atoms with E-state index in [1.54, 1.807) is 6.07 Å². The van der Waals surface area contributed by atoms with Crippen LogP contribution in [0.3, 0.4) is 0 Å². The predicted molar refractivity (Wildman–Crippen MR) is 64.7 cm³/mol. The third kappa shape index (κ3) is 4.11. The van der Waals surface area contributed by atoms with Gasteiger partial charge in [-0.15, -0.1) is 0 Å². The van der Waals surface area contributed by atoms with Gasteiger partial charge in [-0.05, 0) is 38.4 Å². The highest BCUT2D eigenvalue weighted by Gasteiger charge is 2.08. The van der Waals surface area contributed by atoms with Gasteiger partial charge in [-0.2, -0.15) is 0 Å². The predicted octanol–water partition coefficient (Wildman–Crippen LogP) is 3.23. The van der Waals surface area contributed by atoms with Crippen LogP contribution in [0.2, 0.25) is 0 Å². The molecular formula is C13H19FN2. The zero-order valence-electron chi connectivity index (χ0n) is 9.91. The van der Waals surface area contributed by atoms with Crippen molar-refractivity contribution in [2.45, 2.75) is 32.7 Å². The van der Waals surface area contributed by atoms with E-state index in [2.05, 4.69) is 23.3 Å². The van der Waals surface area contributed by atoms with Gasteiger partial charge in [0.1, 0.15) is 5.82 Å². The number of rotatable bonds is 6. The second-order valence-corrected chi connectivity index (χ2v) is 3.67. The Kier molecular flexibility index (Phi) is 5.72. The zero-order valence-corrected chi connectivity index (χ0v) is 9.91. The molecule has 0 amide bonds. The smallest absolute Gasteiger partial charge is 0.141 e. The minimum atomic E-state index is -0.285. The molecule has 0 aliphatic rings. The maximum Gasteiger partial charge on any atom is 0.141 e. The lowest BCUT2D eigenvalue weighted by atomic mass is 10.1. The number of pyridine rings is 1. The summed E-state index contributed by atoms with van der Waals surface area (Å²) in [5.74, 6) is -0.285. The van der Waals surface area contributed by atoms with E-state index in [0.717, 1.165) is 25.1 Å². The fourth-order valence-electron chi connectivity index (χ4n) is 1.56. The summed E-state index contributed by atoms with van der Waals surface area (Å²) in [7, 11) is 0. The molecule has 0 bridgehead atoms. The van der Waals surface area contributed by atoms with Crippen molar-refractivity contribution in [3.05, 3.63) is 42.0 Å². The van der Waals surface area contributed by atoms with E-state index in [9.17, 15) is 4.39 Å². The summed E-state index contributed by atoms with van der Waals surface area (Å²) in [5.41, 5.74) is 0.907. The highest BCUT2D eigenvalue weighted by molar-refractivity contribution is 5.09. The molecule has 1 atom stereocenters. The van der Waals surface area contributed by atoms with Gasteiger partial charge in [-0.1, -0.05) is 19.1 Å². The molecule has 0 aromatic carbocycles. The maximum atomic E-state index is 12.7. The maximum absolute atomic E-state index is 12.7. The van der Waals surface area contributed by atoms with Gasteiger partial charge >= 0.3 is 0 Å². The standard InChI is InChI=1S/C13H19FN2/c1-3-5-6-9-15-12(4-2)13-8-7-11(14)10-16-13/h3,5,7-8,10,12,15H,4,6,9H2,1-2H3/b5-3+. The number of hydrogen-bond donors (Lipinski definition) is 1. The minimum absolute atomic E-state index is 0.214. The first kappa shape index (κ1) is 12.8. The van der Waals surface area contributed by atoms with Crippen LogP contribution in [-0.4, -0.2) is 11.5 Å². The Morgan fingerprint density at radius 2 is 2.31 bits per heavy atom.